The van der Waals surface area contributed by atoms with Crippen LogP contribution in [0.5, 0.6) is 0 Å². The van der Waals surface area contributed by atoms with E-state index >= 15 is 0 Å². The number of aromatic amines is 1. The summed E-state index contributed by atoms with van der Waals surface area (Å²) in [6, 6.07) is 1.82. The lowest BCUT2D eigenvalue weighted by atomic mass is 10.3. The van der Waals surface area contributed by atoms with Gasteiger partial charge in [-0.3, -0.25) is 4.79 Å². The van der Waals surface area contributed by atoms with Gasteiger partial charge in [0.25, 0.3) is 0 Å². The van der Waals surface area contributed by atoms with E-state index in [4.69, 9.17) is 0 Å². The second-order valence-corrected chi connectivity index (χ2v) is 4.29. The van der Waals surface area contributed by atoms with E-state index in [9.17, 15) is 4.79 Å². The number of aromatic nitrogens is 2. The quantitative estimate of drug-likeness (QED) is 0.812. The van der Waals surface area contributed by atoms with Crippen LogP contribution in [0.4, 0.5) is 0 Å². The van der Waals surface area contributed by atoms with Crippen LogP contribution < -0.4 is 5.43 Å². The van der Waals surface area contributed by atoms with Crippen molar-refractivity contribution in [3.8, 4) is 0 Å². The van der Waals surface area contributed by atoms with Crippen molar-refractivity contribution in [2.75, 3.05) is 0 Å². The van der Waals surface area contributed by atoms with E-state index in [-0.39, 0.29) is 5.43 Å². The average Bonchev–Trinajstić information content (AvgIpc) is 2.12. The van der Waals surface area contributed by atoms with Gasteiger partial charge >= 0.3 is 0 Å². The number of nitrogens with zero attached hydrogens (tertiary/aromatic N) is 1. The molecule has 0 fully saturated rings. The van der Waals surface area contributed by atoms with Crippen molar-refractivity contribution in [3.63, 3.8) is 0 Å². The lowest BCUT2D eigenvalue weighted by Crippen LogP contribution is -2.05. The van der Waals surface area contributed by atoms with Gasteiger partial charge in [0, 0.05) is 16.9 Å². The Hall–Kier alpha value is -0.680. The molecule has 0 bridgehead atoms. The SMILES string of the molecule is O=c1c(Br)c[nH]c2cc(Br)cnc12. The summed E-state index contributed by atoms with van der Waals surface area (Å²) in [4.78, 5) is 18.5. The summed E-state index contributed by atoms with van der Waals surface area (Å²) in [5, 5.41) is 0. The maximum Gasteiger partial charge on any atom is 0.221 e. The first-order valence-electron chi connectivity index (χ1n) is 3.51. The van der Waals surface area contributed by atoms with Gasteiger partial charge in [-0.2, -0.15) is 0 Å². The van der Waals surface area contributed by atoms with Crippen molar-refractivity contribution >= 4 is 42.9 Å². The number of halogens is 2. The largest absolute Gasteiger partial charge is 0.359 e. The van der Waals surface area contributed by atoms with Crippen molar-refractivity contribution in [2.24, 2.45) is 0 Å². The van der Waals surface area contributed by atoms with Crippen LogP contribution in [0.1, 0.15) is 0 Å². The van der Waals surface area contributed by atoms with Crippen LogP contribution in [0.2, 0.25) is 0 Å². The zero-order valence-corrected chi connectivity index (χ0v) is 9.52. The smallest absolute Gasteiger partial charge is 0.221 e. The standard InChI is InChI=1S/C8H4Br2N2O/c9-4-1-6-7(12-2-4)8(13)5(10)3-11-6/h1-3H,(H,11,13). The van der Waals surface area contributed by atoms with Crippen LogP contribution in [0, 0.1) is 0 Å². The van der Waals surface area contributed by atoms with Gasteiger partial charge in [-0.1, -0.05) is 0 Å². The maximum absolute atomic E-state index is 11.5. The number of hydrogen-bond acceptors (Lipinski definition) is 2. The molecule has 0 amide bonds. The van der Waals surface area contributed by atoms with E-state index in [1.165, 1.54) is 0 Å². The fourth-order valence-corrected chi connectivity index (χ4v) is 1.68. The Balaban J connectivity index is 2.95. The molecule has 2 aromatic heterocycles. The van der Waals surface area contributed by atoms with Gasteiger partial charge in [-0.05, 0) is 37.9 Å². The molecular weight excluding hydrogens is 300 g/mol. The third kappa shape index (κ3) is 1.53. The van der Waals surface area contributed by atoms with Gasteiger partial charge in [0.15, 0.2) is 0 Å². The maximum atomic E-state index is 11.5. The number of nitrogens with one attached hydrogen (secondary N) is 1. The molecule has 0 aliphatic heterocycles. The van der Waals surface area contributed by atoms with Gasteiger partial charge in [-0.15, -0.1) is 0 Å². The molecule has 0 unspecified atom stereocenters. The molecule has 0 radical (unpaired) electrons. The van der Waals surface area contributed by atoms with E-state index in [1.807, 2.05) is 6.07 Å². The van der Waals surface area contributed by atoms with E-state index in [2.05, 4.69) is 41.8 Å². The molecule has 0 atom stereocenters. The van der Waals surface area contributed by atoms with Gasteiger partial charge in [0.05, 0.1) is 9.99 Å². The molecule has 0 spiro atoms. The summed E-state index contributed by atoms with van der Waals surface area (Å²) in [6.45, 7) is 0. The van der Waals surface area contributed by atoms with Crippen molar-refractivity contribution in [3.05, 3.63) is 37.6 Å². The van der Waals surface area contributed by atoms with Gasteiger partial charge in [-0.25, -0.2) is 4.98 Å². The highest BCUT2D eigenvalue weighted by Crippen LogP contribution is 2.14. The molecule has 5 heteroatoms. The molecule has 1 N–H and O–H groups in total. The second kappa shape index (κ2) is 3.23. The summed E-state index contributed by atoms with van der Waals surface area (Å²) in [6.07, 6.45) is 3.21. The Morgan fingerprint density at radius 2 is 2.15 bits per heavy atom. The molecule has 0 aliphatic rings. The van der Waals surface area contributed by atoms with Crippen molar-refractivity contribution < 1.29 is 0 Å². The van der Waals surface area contributed by atoms with E-state index in [0.717, 1.165) is 9.99 Å². The molecular formula is C8H4Br2N2O. The van der Waals surface area contributed by atoms with Gasteiger partial charge in [0.2, 0.25) is 5.43 Å². The molecule has 2 rings (SSSR count). The normalized spacial score (nSPS) is 10.6. The summed E-state index contributed by atoms with van der Waals surface area (Å²) in [5.41, 5.74) is 1.07. The first-order chi connectivity index (χ1) is 6.18. The molecule has 0 aliphatic carbocycles. The lowest BCUT2D eigenvalue weighted by Gasteiger charge is -1.97. The zero-order valence-electron chi connectivity index (χ0n) is 6.34. The third-order valence-electron chi connectivity index (χ3n) is 1.64. The van der Waals surface area contributed by atoms with Crippen LogP contribution in [0.25, 0.3) is 11.0 Å². The number of pyridine rings is 2. The van der Waals surface area contributed by atoms with Crippen molar-refractivity contribution in [1.82, 2.24) is 9.97 Å². The Morgan fingerprint density at radius 1 is 1.38 bits per heavy atom. The van der Waals surface area contributed by atoms with Crippen LogP contribution in [0.15, 0.2) is 32.2 Å². The summed E-state index contributed by atoms with van der Waals surface area (Å²) < 4.78 is 1.34. The summed E-state index contributed by atoms with van der Waals surface area (Å²) in [5.74, 6) is 0. The summed E-state index contributed by atoms with van der Waals surface area (Å²) in [7, 11) is 0. The molecule has 0 saturated heterocycles. The topological polar surface area (TPSA) is 45.8 Å². The van der Waals surface area contributed by atoms with E-state index in [0.29, 0.717) is 9.99 Å². The predicted octanol–water partition coefficient (Wildman–Crippen LogP) is 2.45. The minimum atomic E-state index is -0.0961. The molecule has 66 valence electrons. The minimum Gasteiger partial charge on any atom is -0.359 e. The zero-order chi connectivity index (χ0) is 9.42. The van der Waals surface area contributed by atoms with Crippen LogP contribution in [-0.2, 0) is 0 Å². The molecule has 2 heterocycles. The Kier molecular flexibility index (Phi) is 2.21. The van der Waals surface area contributed by atoms with E-state index < -0.39 is 0 Å². The highest BCUT2D eigenvalue weighted by atomic mass is 79.9. The molecule has 3 nitrogen and oxygen atoms in total. The first kappa shape index (κ1) is 8.90. The molecule has 0 aromatic carbocycles. The van der Waals surface area contributed by atoms with Crippen LogP contribution in [-0.4, -0.2) is 9.97 Å². The minimum absolute atomic E-state index is 0.0961. The Morgan fingerprint density at radius 3 is 2.92 bits per heavy atom. The first-order valence-corrected chi connectivity index (χ1v) is 5.09. The third-order valence-corrected chi connectivity index (χ3v) is 2.66. The Bertz CT molecular complexity index is 521. The van der Waals surface area contributed by atoms with E-state index in [1.54, 1.807) is 12.4 Å². The monoisotopic (exact) mass is 302 g/mol. The predicted molar refractivity (Wildman–Crippen MR) is 57.8 cm³/mol. The molecule has 2 aromatic rings. The fourth-order valence-electron chi connectivity index (χ4n) is 1.05. The summed E-state index contributed by atoms with van der Waals surface area (Å²) >= 11 is 6.42. The fraction of sp³-hybridized carbons (Fsp3) is 0. The average molecular weight is 304 g/mol. The Labute approximate surface area is 90.4 Å². The molecule has 13 heavy (non-hydrogen) atoms. The second-order valence-electron chi connectivity index (χ2n) is 2.52. The number of hydrogen-bond donors (Lipinski definition) is 1. The van der Waals surface area contributed by atoms with Crippen LogP contribution in [0.3, 0.4) is 0 Å². The lowest BCUT2D eigenvalue weighted by molar-refractivity contribution is 1.28. The number of fused-ring (bicyclic) bond motifs is 1. The van der Waals surface area contributed by atoms with Gasteiger partial charge < -0.3 is 4.98 Å². The van der Waals surface area contributed by atoms with Crippen molar-refractivity contribution in [1.29, 1.82) is 0 Å². The van der Waals surface area contributed by atoms with Crippen molar-refractivity contribution in [2.45, 2.75) is 0 Å². The number of rotatable bonds is 0. The van der Waals surface area contributed by atoms with Crippen LogP contribution >= 0.6 is 31.9 Å². The van der Waals surface area contributed by atoms with Gasteiger partial charge in [0.1, 0.15) is 5.52 Å². The highest BCUT2D eigenvalue weighted by molar-refractivity contribution is 9.10. The molecule has 0 saturated carbocycles. The highest BCUT2D eigenvalue weighted by Gasteiger charge is 2.03. The number of H-pyrrole nitrogens is 1.